The number of nitrogens with one attached hydrogen (secondary N) is 2. The Labute approximate surface area is 106 Å². The Morgan fingerprint density at radius 2 is 2.11 bits per heavy atom. The lowest BCUT2D eigenvalue weighted by molar-refractivity contribution is 0.987. The summed E-state index contributed by atoms with van der Waals surface area (Å²) in [5, 5.41) is 6.31. The van der Waals surface area contributed by atoms with Crippen molar-refractivity contribution in [2.24, 2.45) is 5.73 Å². The number of pyridine rings is 1. The molecule has 2 heterocycles. The Kier molecular flexibility index (Phi) is 4.03. The summed E-state index contributed by atoms with van der Waals surface area (Å²) in [6.07, 6.45) is 3.47. The fourth-order valence-corrected chi connectivity index (χ4v) is 1.51. The molecule has 94 valence electrons. The summed E-state index contributed by atoms with van der Waals surface area (Å²) in [7, 11) is 0. The van der Waals surface area contributed by atoms with Crippen molar-refractivity contribution < 1.29 is 0 Å². The van der Waals surface area contributed by atoms with Gasteiger partial charge >= 0.3 is 0 Å². The molecule has 0 bridgehead atoms. The molecule has 0 saturated heterocycles. The van der Waals surface area contributed by atoms with E-state index >= 15 is 0 Å². The van der Waals surface area contributed by atoms with Gasteiger partial charge in [0, 0.05) is 25.4 Å². The van der Waals surface area contributed by atoms with Gasteiger partial charge in [-0.1, -0.05) is 0 Å². The van der Waals surface area contributed by atoms with Crippen LogP contribution >= 0.6 is 0 Å². The quantitative estimate of drug-likeness (QED) is 0.734. The number of rotatable bonds is 5. The second-order valence-corrected chi connectivity index (χ2v) is 3.77. The summed E-state index contributed by atoms with van der Waals surface area (Å²) in [6.45, 7) is 3.10. The van der Waals surface area contributed by atoms with E-state index in [-0.39, 0.29) is 0 Å². The Bertz CT molecular complexity index is 499. The molecule has 0 spiro atoms. The van der Waals surface area contributed by atoms with Crippen LogP contribution in [0.2, 0.25) is 0 Å². The van der Waals surface area contributed by atoms with Crippen LogP contribution in [0.1, 0.15) is 5.82 Å². The first-order valence-electron chi connectivity index (χ1n) is 5.74. The maximum Gasteiger partial charge on any atom is 0.136 e. The van der Waals surface area contributed by atoms with Gasteiger partial charge in [-0.05, 0) is 19.1 Å². The molecule has 0 aliphatic heterocycles. The van der Waals surface area contributed by atoms with E-state index in [2.05, 4.69) is 25.6 Å². The van der Waals surface area contributed by atoms with Crippen molar-refractivity contribution in [3.05, 3.63) is 36.4 Å². The minimum Gasteiger partial charge on any atom is -0.369 e. The van der Waals surface area contributed by atoms with Gasteiger partial charge in [-0.3, -0.25) is 4.98 Å². The third kappa shape index (κ3) is 3.39. The van der Waals surface area contributed by atoms with E-state index in [0.717, 1.165) is 17.3 Å². The molecule has 18 heavy (non-hydrogen) atoms. The molecular formula is C12H16N6. The normalized spacial score (nSPS) is 10.1. The predicted octanol–water partition coefficient (Wildman–Crippen LogP) is 1.29. The Morgan fingerprint density at radius 3 is 2.83 bits per heavy atom. The van der Waals surface area contributed by atoms with Gasteiger partial charge in [0.05, 0.1) is 11.9 Å². The van der Waals surface area contributed by atoms with Gasteiger partial charge in [0.2, 0.25) is 0 Å². The van der Waals surface area contributed by atoms with E-state index in [1.165, 1.54) is 0 Å². The third-order valence-electron chi connectivity index (χ3n) is 2.22. The molecule has 2 rings (SSSR count). The van der Waals surface area contributed by atoms with Crippen molar-refractivity contribution in [3.8, 4) is 0 Å². The molecule has 0 aliphatic rings. The second-order valence-electron chi connectivity index (χ2n) is 3.77. The van der Waals surface area contributed by atoms with E-state index in [1.54, 1.807) is 12.4 Å². The fraction of sp³-hybridized carbons (Fsp3) is 0.250. The molecule has 0 aliphatic carbocycles. The van der Waals surface area contributed by atoms with Crippen LogP contribution in [0.3, 0.4) is 0 Å². The van der Waals surface area contributed by atoms with Gasteiger partial charge in [-0.25, -0.2) is 9.97 Å². The summed E-state index contributed by atoms with van der Waals surface area (Å²) in [5.74, 6) is 2.19. The molecule has 0 saturated carbocycles. The first kappa shape index (κ1) is 12.3. The van der Waals surface area contributed by atoms with Crippen LogP contribution in [0.5, 0.6) is 0 Å². The van der Waals surface area contributed by atoms with E-state index < -0.39 is 0 Å². The van der Waals surface area contributed by atoms with Gasteiger partial charge in [-0.2, -0.15) is 0 Å². The molecule has 0 fully saturated rings. The average Bonchev–Trinajstić information content (AvgIpc) is 2.37. The Hall–Kier alpha value is -2.21. The lowest BCUT2D eigenvalue weighted by Gasteiger charge is -2.09. The molecule has 2 aromatic rings. The van der Waals surface area contributed by atoms with E-state index in [4.69, 9.17) is 5.73 Å². The maximum absolute atomic E-state index is 5.45. The SMILES string of the molecule is Cc1nc(NCCN)cc(Nc2cccnc2)n1. The smallest absolute Gasteiger partial charge is 0.136 e. The van der Waals surface area contributed by atoms with Crippen molar-refractivity contribution in [2.75, 3.05) is 23.7 Å². The molecule has 0 radical (unpaired) electrons. The minimum absolute atomic E-state index is 0.564. The second kappa shape index (κ2) is 5.92. The monoisotopic (exact) mass is 244 g/mol. The van der Waals surface area contributed by atoms with Crippen LogP contribution in [-0.4, -0.2) is 28.0 Å². The molecule has 0 atom stereocenters. The van der Waals surface area contributed by atoms with Gasteiger partial charge in [0.15, 0.2) is 0 Å². The fourth-order valence-electron chi connectivity index (χ4n) is 1.51. The van der Waals surface area contributed by atoms with Gasteiger partial charge in [-0.15, -0.1) is 0 Å². The molecule has 0 unspecified atom stereocenters. The van der Waals surface area contributed by atoms with Crippen LogP contribution in [0.25, 0.3) is 0 Å². The highest BCUT2D eigenvalue weighted by Gasteiger charge is 2.01. The van der Waals surface area contributed by atoms with Gasteiger partial charge < -0.3 is 16.4 Å². The zero-order chi connectivity index (χ0) is 12.8. The lowest BCUT2D eigenvalue weighted by Crippen LogP contribution is -2.14. The molecule has 2 aromatic heterocycles. The van der Waals surface area contributed by atoms with Crippen LogP contribution in [0.15, 0.2) is 30.6 Å². The first-order valence-corrected chi connectivity index (χ1v) is 5.74. The standard InChI is InChI=1S/C12H16N6/c1-9-16-11(15-6-4-13)7-12(17-9)18-10-3-2-5-14-8-10/h2-3,5,7-8H,4,6,13H2,1H3,(H2,15,16,17,18). The minimum atomic E-state index is 0.564. The summed E-state index contributed by atoms with van der Waals surface area (Å²) in [5.41, 5.74) is 6.34. The number of aryl methyl sites for hydroxylation is 1. The number of hydrogen-bond donors (Lipinski definition) is 3. The Morgan fingerprint density at radius 1 is 1.28 bits per heavy atom. The first-order chi connectivity index (χ1) is 8.78. The van der Waals surface area contributed by atoms with Crippen molar-refractivity contribution in [3.63, 3.8) is 0 Å². The number of hydrogen-bond acceptors (Lipinski definition) is 6. The lowest BCUT2D eigenvalue weighted by atomic mass is 10.4. The molecule has 0 amide bonds. The number of nitrogens with two attached hydrogens (primary N) is 1. The molecule has 6 heteroatoms. The largest absolute Gasteiger partial charge is 0.369 e. The zero-order valence-electron chi connectivity index (χ0n) is 10.2. The van der Waals surface area contributed by atoms with Crippen LogP contribution in [-0.2, 0) is 0 Å². The van der Waals surface area contributed by atoms with Crippen LogP contribution < -0.4 is 16.4 Å². The molecular weight excluding hydrogens is 228 g/mol. The maximum atomic E-state index is 5.45. The van der Waals surface area contributed by atoms with Gasteiger partial charge in [0.1, 0.15) is 17.5 Å². The molecule has 0 aromatic carbocycles. The number of aromatic nitrogens is 3. The van der Waals surface area contributed by atoms with Crippen molar-refractivity contribution in [1.29, 1.82) is 0 Å². The van der Waals surface area contributed by atoms with E-state index in [0.29, 0.717) is 18.9 Å². The highest BCUT2D eigenvalue weighted by Crippen LogP contribution is 2.16. The van der Waals surface area contributed by atoms with Crippen molar-refractivity contribution >= 4 is 17.3 Å². The molecule has 6 nitrogen and oxygen atoms in total. The van der Waals surface area contributed by atoms with Gasteiger partial charge in [0.25, 0.3) is 0 Å². The summed E-state index contributed by atoms with van der Waals surface area (Å²) in [6, 6.07) is 5.64. The third-order valence-corrected chi connectivity index (χ3v) is 2.22. The zero-order valence-corrected chi connectivity index (χ0v) is 10.2. The van der Waals surface area contributed by atoms with Crippen molar-refractivity contribution in [1.82, 2.24) is 15.0 Å². The summed E-state index contributed by atoms with van der Waals surface area (Å²) in [4.78, 5) is 12.6. The number of nitrogens with zero attached hydrogens (tertiary/aromatic N) is 3. The highest BCUT2D eigenvalue weighted by molar-refractivity contribution is 5.58. The van der Waals surface area contributed by atoms with Crippen LogP contribution in [0.4, 0.5) is 17.3 Å². The summed E-state index contributed by atoms with van der Waals surface area (Å²) >= 11 is 0. The molecule has 4 N–H and O–H groups in total. The van der Waals surface area contributed by atoms with Crippen molar-refractivity contribution in [2.45, 2.75) is 6.92 Å². The van der Waals surface area contributed by atoms with E-state index in [1.807, 2.05) is 25.1 Å². The van der Waals surface area contributed by atoms with Crippen LogP contribution in [0, 0.1) is 6.92 Å². The number of anilines is 3. The Balaban J connectivity index is 2.15. The topological polar surface area (TPSA) is 88.8 Å². The highest BCUT2D eigenvalue weighted by atomic mass is 15.1. The average molecular weight is 244 g/mol. The predicted molar refractivity (Wildman–Crippen MR) is 71.8 cm³/mol. The summed E-state index contributed by atoms with van der Waals surface area (Å²) < 4.78 is 0. The van der Waals surface area contributed by atoms with E-state index in [9.17, 15) is 0 Å².